The third kappa shape index (κ3) is 3.37. The monoisotopic (exact) mass is 350 g/mol. The van der Waals surface area contributed by atoms with Gasteiger partial charge in [0, 0.05) is 18.2 Å². The maximum atomic E-state index is 12.3. The van der Waals surface area contributed by atoms with E-state index in [4.69, 9.17) is 21.1 Å². The molecular weight excluding hydrogens is 332 g/mol. The van der Waals surface area contributed by atoms with E-state index in [1.54, 1.807) is 36.9 Å². The van der Waals surface area contributed by atoms with Crippen LogP contribution in [0.25, 0.3) is 5.69 Å². The molecule has 0 bridgehead atoms. The van der Waals surface area contributed by atoms with Crippen LogP contribution < -0.4 is 10.1 Å². The van der Waals surface area contributed by atoms with Gasteiger partial charge in [-0.15, -0.1) is 5.10 Å². The Hall–Kier alpha value is -2.12. The van der Waals surface area contributed by atoms with Gasteiger partial charge in [0.2, 0.25) is 0 Å². The van der Waals surface area contributed by atoms with E-state index in [1.807, 2.05) is 0 Å². The minimum atomic E-state index is -0.268. The van der Waals surface area contributed by atoms with E-state index < -0.39 is 0 Å². The molecule has 1 fully saturated rings. The number of hydrogen-bond donors (Lipinski definition) is 1. The standard InChI is InChI=1S/C16H19ClN4O3/c1-10-15(16(22)18-9-12-4-3-7-24-12)19-20-21(10)13-8-11(17)5-6-14(13)23-2/h5-6,8,12H,3-4,7,9H2,1-2H3,(H,18,22)/t12-/m1/s1. The largest absolute Gasteiger partial charge is 0.494 e. The number of halogens is 1. The minimum absolute atomic E-state index is 0.0809. The molecule has 2 aromatic rings. The van der Waals surface area contributed by atoms with Crippen molar-refractivity contribution in [2.75, 3.05) is 20.3 Å². The molecular formula is C16H19ClN4O3. The van der Waals surface area contributed by atoms with E-state index in [0.717, 1.165) is 19.4 Å². The molecule has 0 aliphatic carbocycles. The number of nitrogens with zero attached hydrogens (tertiary/aromatic N) is 3. The SMILES string of the molecule is COc1ccc(Cl)cc1-n1nnc(C(=O)NC[C@H]2CCCO2)c1C. The number of ether oxygens (including phenoxy) is 2. The van der Waals surface area contributed by atoms with Crippen molar-refractivity contribution in [2.24, 2.45) is 0 Å². The molecule has 2 heterocycles. The molecule has 1 saturated heterocycles. The van der Waals surface area contributed by atoms with Crippen LogP contribution in [-0.2, 0) is 4.74 Å². The van der Waals surface area contributed by atoms with E-state index in [2.05, 4.69) is 15.6 Å². The van der Waals surface area contributed by atoms with Crippen LogP contribution in [0.2, 0.25) is 5.02 Å². The third-order valence-corrected chi connectivity index (χ3v) is 4.23. The molecule has 1 aromatic carbocycles. The van der Waals surface area contributed by atoms with Crippen molar-refractivity contribution in [3.05, 3.63) is 34.6 Å². The van der Waals surface area contributed by atoms with Gasteiger partial charge in [0.05, 0.1) is 18.9 Å². The predicted octanol–water partition coefficient (Wildman–Crippen LogP) is 2.15. The van der Waals surface area contributed by atoms with Gasteiger partial charge >= 0.3 is 0 Å². The minimum Gasteiger partial charge on any atom is -0.494 e. The summed E-state index contributed by atoms with van der Waals surface area (Å²) >= 11 is 6.06. The normalized spacial score (nSPS) is 17.0. The highest BCUT2D eigenvalue weighted by Crippen LogP contribution is 2.27. The number of aromatic nitrogens is 3. The van der Waals surface area contributed by atoms with Crippen molar-refractivity contribution < 1.29 is 14.3 Å². The summed E-state index contributed by atoms with van der Waals surface area (Å²) in [5, 5.41) is 11.5. The Bertz CT molecular complexity index is 741. The molecule has 1 amide bonds. The molecule has 0 radical (unpaired) electrons. The summed E-state index contributed by atoms with van der Waals surface area (Å²) in [6.45, 7) is 3.01. The van der Waals surface area contributed by atoms with Gasteiger partial charge in [-0.3, -0.25) is 4.79 Å². The number of hydrogen-bond acceptors (Lipinski definition) is 5. The van der Waals surface area contributed by atoms with E-state index in [1.165, 1.54) is 0 Å². The first kappa shape index (κ1) is 16.7. The maximum Gasteiger partial charge on any atom is 0.273 e. The Morgan fingerprint density at radius 3 is 3.08 bits per heavy atom. The van der Waals surface area contributed by atoms with Gasteiger partial charge in [0.1, 0.15) is 11.4 Å². The fraction of sp³-hybridized carbons (Fsp3) is 0.438. The van der Waals surface area contributed by atoms with Crippen LogP contribution in [-0.4, -0.2) is 47.3 Å². The molecule has 1 aliphatic rings. The fourth-order valence-electron chi connectivity index (χ4n) is 2.69. The average molecular weight is 351 g/mol. The predicted molar refractivity (Wildman–Crippen MR) is 89.0 cm³/mol. The molecule has 1 aromatic heterocycles. The summed E-state index contributed by atoms with van der Waals surface area (Å²) in [5.74, 6) is 0.328. The second-order valence-electron chi connectivity index (χ2n) is 5.60. The van der Waals surface area contributed by atoms with Crippen LogP contribution >= 0.6 is 11.6 Å². The highest BCUT2D eigenvalue weighted by molar-refractivity contribution is 6.30. The second-order valence-corrected chi connectivity index (χ2v) is 6.03. The number of benzene rings is 1. The Kier molecular flexibility index (Phi) is 5.01. The zero-order chi connectivity index (χ0) is 17.1. The van der Waals surface area contributed by atoms with Crippen LogP contribution in [0.3, 0.4) is 0 Å². The quantitative estimate of drug-likeness (QED) is 0.893. The Balaban J connectivity index is 1.80. The van der Waals surface area contributed by atoms with E-state index >= 15 is 0 Å². The summed E-state index contributed by atoms with van der Waals surface area (Å²) in [5.41, 5.74) is 1.52. The summed E-state index contributed by atoms with van der Waals surface area (Å²) in [6, 6.07) is 5.19. The first-order chi connectivity index (χ1) is 11.6. The lowest BCUT2D eigenvalue weighted by Crippen LogP contribution is -2.32. The van der Waals surface area contributed by atoms with Crippen LogP contribution in [0.4, 0.5) is 0 Å². The van der Waals surface area contributed by atoms with Crippen LogP contribution in [0.15, 0.2) is 18.2 Å². The molecule has 3 rings (SSSR count). The molecule has 7 nitrogen and oxygen atoms in total. The Morgan fingerprint density at radius 1 is 1.54 bits per heavy atom. The molecule has 128 valence electrons. The number of amides is 1. The Labute approximate surface area is 144 Å². The zero-order valence-corrected chi connectivity index (χ0v) is 14.3. The van der Waals surface area contributed by atoms with Gasteiger partial charge in [0.15, 0.2) is 5.69 Å². The van der Waals surface area contributed by atoms with Crippen molar-refractivity contribution in [3.63, 3.8) is 0 Å². The first-order valence-electron chi connectivity index (χ1n) is 7.76. The van der Waals surface area contributed by atoms with Gasteiger partial charge in [-0.25, -0.2) is 4.68 Å². The zero-order valence-electron chi connectivity index (χ0n) is 13.6. The topological polar surface area (TPSA) is 78.3 Å². The highest BCUT2D eigenvalue weighted by atomic mass is 35.5. The van der Waals surface area contributed by atoms with Crippen molar-refractivity contribution in [3.8, 4) is 11.4 Å². The highest BCUT2D eigenvalue weighted by Gasteiger charge is 2.21. The van der Waals surface area contributed by atoms with Crippen LogP contribution in [0.1, 0.15) is 29.0 Å². The number of nitrogens with one attached hydrogen (secondary N) is 1. The van der Waals surface area contributed by atoms with Gasteiger partial charge in [0.25, 0.3) is 5.91 Å². The number of carbonyl (C=O) groups is 1. The molecule has 0 unspecified atom stereocenters. The Morgan fingerprint density at radius 2 is 2.38 bits per heavy atom. The molecule has 0 spiro atoms. The number of methoxy groups -OCH3 is 1. The van der Waals surface area contributed by atoms with Crippen LogP contribution in [0.5, 0.6) is 5.75 Å². The average Bonchev–Trinajstić information content (AvgIpc) is 3.22. The fourth-order valence-corrected chi connectivity index (χ4v) is 2.86. The molecule has 1 N–H and O–H groups in total. The van der Waals surface area contributed by atoms with Crippen LogP contribution in [0, 0.1) is 6.92 Å². The van der Waals surface area contributed by atoms with Crippen molar-refractivity contribution in [1.82, 2.24) is 20.3 Å². The number of rotatable bonds is 5. The summed E-state index contributed by atoms with van der Waals surface area (Å²) in [6.07, 6.45) is 2.08. The van der Waals surface area contributed by atoms with Crippen molar-refractivity contribution in [1.29, 1.82) is 0 Å². The van der Waals surface area contributed by atoms with E-state index in [9.17, 15) is 4.79 Å². The summed E-state index contributed by atoms with van der Waals surface area (Å²) < 4.78 is 12.4. The smallest absolute Gasteiger partial charge is 0.273 e. The van der Waals surface area contributed by atoms with Gasteiger partial charge in [-0.05, 0) is 38.0 Å². The third-order valence-electron chi connectivity index (χ3n) is 3.99. The first-order valence-corrected chi connectivity index (χ1v) is 8.14. The molecule has 1 atom stereocenters. The molecule has 24 heavy (non-hydrogen) atoms. The second kappa shape index (κ2) is 7.19. The van der Waals surface area contributed by atoms with Gasteiger partial charge in [-0.1, -0.05) is 16.8 Å². The van der Waals surface area contributed by atoms with Gasteiger partial charge < -0.3 is 14.8 Å². The van der Waals surface area contributed by atoms with Crippen molar-refractivity contribution >= 4 is 17.5 Å². The van der Waals surface area contributed by atoms with Crippen molar-refractivity contribution in [2.45, 2.75) is 25.9 Å². The van der Waals surface area contributed by atoms with E-state index in [-0.39, 0.29) is 17.7 Å². The molecule has 0 saturated carbocycles. The lowest BCUT2D eigenvalue weighted by molar-refractivity contribution is 0.0853. The summed E-state index contributed by atoms with van der Waals surface area (Å²) in [7, 11) is 1.56. The number of carbonyl (C=O) groups excluding carboxylic acids is 1. The maximum absolute atomic E-state index is 12.3. The molecule has 8 heteroatoms. The van der Waals surface area contributed by atoms with E-state index in [0.29, 0.717) is 28.7 Å². The lowest BCUT2D eigenvalue weighted by atomic mass is 10.2. The molecule has 1 aliphatic heterocycles. The van der Waals surface area contributed by atoms with Gasteiger partial charge in [-0.2, -0.15) is 0 Å². The summed E-state index contributed by atoms with van der Waals surface area (Å²) in [4.78, 5) is 12.3. The lowest BCUT2D eigenvalue weighted by Gasteiger charge is -2.11.